The van der Waals surface area contributed by atoms with E-state index in [4.69, 9.17) is 11.6 Å². The van der Waals surface area contributed by atoms with Crippen LogP contribution in [-0.2, 0) is 19.6 Å². The zero-order chi connectivity index (χ0) is 13.3. The van der Waals surface area contributed by atoms with Crippen LogP contribution in [0.1, 0.15) is 24.1 Å². The van der Waals surface area contributed by atoms with Crippen LogP contribution in [-0.4, -0.2) is 27.6 Å². The number of rotatable bonds is 4. The molecule has 0 saturated heterocycles. The molecule has 0 amide bonds. The summed E-state index contributed by atoms with van der Waals surface area (Å²) in [6.07, 6.45) is 0. The van der Waals surface area contributed by atoms with Gasteiger partial charge in [-0.1, -0.05) is 12.2 Å². The van der Waals surface area contributed by atoms with Crippen LogP contribution in [0.4, 0.5) is 0 Å². The third-order valence-electron chi connectivity index (χ3n) is 2.66. The topological polar surface area (TPSA) is 97.5 Å². The van der Waals surface area contributed by atoms with E-state index >= 15 is 0 Å². The molecule has 0 atom stereocenters. The van der Waals surface area contributed by atoms with Crippen LogP contribution in [0, 0.1) is 0 Å². The summed E-state index contributed by atoms with van der Waals surface area (Å²) >= 11 is 0. The van der Waals surface area contributed by atoms with E-state index in [1.807, 2.05) is 11.5 Å². The zero-order valence-corrected chi connectivity index (χ0v) is 10.8. The molecule has 1 aliphatic heterocycles. The molecule has 2 rings (SSSR count). The van der Waals surface area contributed by atoms with Crippen molar-refractivity contribution < 1.29 is 0 Å². The van der Waals surface area contributed by atoms with Gasteiger partial charge in [0.15, 0.2) is 11.7 Å². The van der Waals surface area contributed by atoms with Gasteiger partial charge in [0.2, 0.25) is 0 Å². The number of hydrogen-bond donors (Lipinski definition) is 3. The van der Waals surface area contributed by atoms with Crippen molar-refractivity contribution in [3.63, 3.8) is 0 Å². The van der Waals surface area contributed by atoms with Crippen LogP contribution < -0.4 is 16.9 Å². The molecule has 1 aromatic heterocycles. The summed E-state index contributed by atoms with van der Waals surface area (Å²) in [6.45, 7) is 8.14. The highest BCUT2D eigenvalue weighted by molar-refractivity contribution is 5.94. The Labute approximate surface area is 106 Å². The smallest absolute Gasteiger partial charge is 0.188 e. The van der Waals surface area contributed by atoms with Crippen LogP contribution in [0.25, 0.3) is 0 Å². The lowest BCUT2D eigenvalue weighted by molar-refractivity contribution is 0.371. The van der Waals surface area contributed by atoms with Gasteiger partial charge in [0.05, 0.1) is 11.4 Å². The normalized spacial score (nSPS) is 14.7. The van der Waals surface area contributed by atoms with Gasteiger partial charge in [-0.2, -0.15) is 0 Å². The van der Waals surface area contributed by atoms with Crippen molar-refractivity contribution >= 4 is 5.84 Å². The van der Waals surface area contributed by atoms with Crippen molar-refractivity contribution in [2.45, 2.75) is 26.6 Å². The minimum Gasteiger partial charge on any atom is -0.379 e. The average molecular weight is 249 g/mol. The molecule has 0 aliphatic carbocycles. The number of hydrogen-bond acceptors (Lipinski definition) is 5. The van der Waals surface area contributed by atoms with E-state index in [-0.39, 0.29) is 0 Å². The number of nitrogens with zero attached hydrogens (tertiary/aromatic N) is 4. The van der Waals surface area contributed by atoms with Gasteiger partial charge < -0.3 is 15.6 Å². The van der Waals surface area contributed by atoms with E-state index in [0.29, 0.717) is 18.2 Å². The van der Waals surface area contributed by atoms with E-state index < -0.39 is 0 Å². The van der Waals surface area contributed by atoms with Crippen molar-refractivity contribution in [3.8, 4) is 0 Å². The maximum Gasteiger partial charge on any atom is 0.188 e. The van der Waals surface area contributed by atoms with Gasteiger partial charge in [-0.25, -0.2) is 15.9 Å². The number of allylic oxidation sites excluding steroid dienone is 1. The second-order valence-electron chi connectivity index (χ2n) is 4.53. The number of aromatic nitrogens is 2. The number of imidazole rings is 1. The second-order valence-corrected chi connectivity index (χ2v) is 4.53. The molecular weight excluding hydrogens is 230 g/mol. The molecule has 0 unspecified atom stereocenters. The summed E-state index contributed by atoms with van der Waals surface area (Å²) in [5.41, 5.74) is 9.13. The Hall–Kier alpha value is -1.86. The molecule has 0 radical (unpaired) electrons. The highest BCUT2D eigenvalue weighted by atomic mass is 15.6. The van der Waals surface area contributed by atoms with Crippen LogP contribution in [0.3, 0.4) is 0 Å². The molecule has 7 nitrogen and oxygen atoms in total. The van der Waals surface area contributed by atoms with Crippen molar-refractivity contribution in [2.24, 2.45) is 16.7 Å². The summed E-state index contributed by atoms with van der Waals surface area (Å²) in [4.78, 5) is 4.52. The quantitative estimate of drug-likeness (QED) is 0.219. The summed E-state index contributed by atoms with van der Waals surface area (Å²) in [5, 5.41) is 8.44. The Kier molecular flexibility index (Phi) is 3.35. The van der Waals surface area contributed by atoms with E-state index in [0.717, 1.165) is 30.1 Å². The number of hydrazine groups is 1. The Morgan fingerprint density at radius 3 is 2.94 bits per heavy atom. The Balaban J connectivity index is 2.44. The van der Waals surface area contributed by atoms with E-state index in [9.17, 15) is 0 Å². The SMILES string of the molecule is C=C(C)Cn1c(/C(N)=N/N(C)N)nc2c1CNC2. The Morgan fingerprint density at radius 2 is 2.33 bits per heavy atom. The molecule has 5 N–H and O–H groups in total. The molecule has 0 spiro atoms. The summed E-state index contributed by atoms with van der Waals surface area (Å²) in [5.74, 6) is 6.44. The third-order valence-corrected chi connectivity index (χ3v) is 2.66. The largest absolute Gasteiger partial charge is 0.379 e. The van der Waals surface area contributed by atoms with Gasteiger partial charge in [0, 0.05) is 26.7 Å². The van der Waals surface area contributed by atoms with Gasteiger partial charge >= 0.3 is 0 Å². The number of nitrogens with two attached hydrogens (primary N) is 2. The van der Waals surface area contributed by atoms with Crippen LogP contribution in [0.15, 0.2) is 17.3 Å². The van der Waals surface area contributed by atoms with E-state index in [2.05, 4.69) is 22.0 Å². The van der Waals surface area contributed by atoms with Crippen LogP contribution in [0.2, 0.25) is 0 Å². The minimum absolute atomic E-state index is 0.315. The van der Waals surface area contributed by atoms with E-state index in [1.165, 1.54) is 5.12 Å². The first-order valence-electron chi connectivity index (χ1n) is 5.75. The highest BCUT2D eigenvalue weighted by Crippen LogP contribution is 2.18. The van der Waals surface area contributed by atoms with Crippen molar-refractivity contribution in [3.05, 3.63) is 29.4 Å². The highest BCUT2D eigenvalue weighted by Gasteiger charge is 2.22. The van der Waals surface area contributed by atoms with Gasteiger partial charge in [0.25, 0.3) is 0 Å². The monoisotopic (exact) mass is 249 g/mol. The van der Waals surface area contributed by atoms with Crippen LogP contribution in [0.5, 0.6) is 0 Å². The molecule has 0 aromatic carbocycles. The number of amidine groups is 1. The fourth-order valence-corrected chi connectivity index (χ4v) is 2.03. The Bertz CT molecular complexity index is 498. The van der Waals surface area contributed by atoms with Crippen molar-refractivity contribution in [2.75, 3.05) is 7.05 Å². The molecule has 7 heteroatoms. The lowest BCUT2D eigenvalue weighted by Gasteiger charge is -2.11. The molecule has 1 aromatic rings. The van der Waals surface area contributed by atoms with Gasteiger partial charge in [-0.3, -0.25) is 0 Å². The summed E-state index contributed by atoms with van der Waals surface area (Å²) in [7, 11) is 1.62. The molecule has 2 heterocycles. The number of fused-ring (bicyclic) bond motifs is 1. The average Bonchev–Trinajstić information content (AvgIpc) is 2.79. The molecule has 0 saturated carbocycles. The first-order valence-corrected chi connectivity index (χ1v) is 5.75. The predicted octanol–water partition coefficient (Wildman–Crippen LogP) is -0.512. The first kappa shape index (κ1) is 12.6. The van der Waals surface area contributed by atoms with Crippen molar-refractivity contribution in [1.29, 1.82) is 0 Å². The van der Waals surface area contributed by atoms with Crippen molar-refractivity contribution in [1.82, 2.24) is 20.0 Å². The van der Waals surface area contributed by atoms with Gasteiger partial charge in [0.1, 0.15) is 0 Å². The lowest BCUT2D eigenvalue weighted by atomic mass is 10.3. The maximum absolute atomic E-state index is 5.93. The fourth-order valence-electron chi connectivity index (χ4n) is 2.03. The molecular formula is C11H19N7. The maximum atomic E-state index is 5.93. The van der Waals surface area contributed by atoms with Gasteiger partial charge in [-0.15, -0.1) is 5.10 Å². The molecule has 18 heavy (non-hydrogen) atoms. The second kappa shape index (κ2) is 4.79. The standard InChI is InChI=1S/C11H19N7/c1-7(2)6-18-9-5-14-4-8(9)15-11(18)10(12)16-17(3)13/h14H,1,4-6,13H2,2-3H3,(H2,12,16). The predicted molar refractivity (Wildman–Crippen MR) is 70.3 cm³/mol. The Morgan fingerprint density at radius 1 is 1.61 bits per heavy atom. The molecule has 98 valence electrons. The first-order chi connectivity index (χ1) is 8.49. The van der Waals surface area contributed by atoms with E-state index in [1.54, 1.807) is 7.05 Å². The third kappa shape index (κ3) is 2.36. The van der Waals surface area contributed by atoms with Gasteiger partial charge in [-0.05, 0) is 6.92 Å². The number of nitrogens with one attached hydrogen (secondary N) is 1. The summed E-state index contributed by atoms with van der Waals surface area (Å²) in [6, 6.07) is 0. The number of hydrazone groups is 1. The molecule has 0 fully saturated rings. The zero-order valence-electron chi connectivity index (χ0n) is 10.8. The minimum atomic E-state index is 0.315. The lowest BCUT2D eigenvalue weighted by Crippen LogP contribution is -2.28. The fraction of sp³-hybridized carbons (Fsp3) is 0.455. The molecule has 1 aliphatic rings. The molecule has 0 bridgehead atoms. The van der Waals surface area contributed by atoms with Crippen LogP contribution >= 0.6 is 0 Å². The summed E-state index contributed by atoms with van der Waals surface area (Å²) < 4.78 is 2.04.